The van der Waals surface area contributed by atoms with Gasteiger partial charge in [0, 0.05) is 15.1 Å². The van der Waals surface area contributed by atoms with Crippen LogP contribution in [0.4, 0.5) is 0 Å². The van der Waals surface area contributed by atoms with Gasteiger partial charge >= 0.3 is 5.97 Å². The first-order valence-electron chi connectivity index (χ1n) is 7.20. The summed E-state index contributed by atoms with van der Waals surface area (Å²) in [6, 6.07) is 15.4. The molecular formula is C18H14O3S. The zero-order chi connectivity index (χ0) is 15.1. The lowest BCUT2D eigenvalue weighted by atomic mass is 9.95. The summed E-state index contributed by atoms with van der Waals surface area (Å²) in [5.41, 5.74) is 2.36. The number of ether oxygens (including phenoxy) is 1. The van der Waals surface area contributed by atoms with Gasteiger partial charge in [-0.25, -0.2) is 4.79 Å². The van der Waals surface area contributed by atoms with Gasteiger partial charge in [-0.3, -0.25) is 0 Å². The highest BCUT2D eigenvalue weighted by atomic mass is 32.1. The van der Waals surface area contributed by atoms with Gasteiger partial charge in [0.05, 0.1) is 12.2 Å². The molecule has 0 radical (unpaired) electrons. The first kappa shape index (κ1) is 13.5. The van der Waals surface area contributed by atoms with Crippen LogP contribution < -0.4 is 0 Å². The molecule has 22 heavy (non-hydrogen) atoms. The largest absolute Gasteiger partial charge is 0.478 e. The van der Waals surface area contributed by atoms with Crippen LogP contribution in [-0.2, 0) is 11.2 Å². The monoisotopic (exact) mass is 310 g/mol. The van der Waals surface area contributed by atoms with E-state index in [4.69, 9.17) is 4.74 Å². The second-order valence-corrected chi connectivity index (χ2v) is 6.42. The van der Waals surface area contributed by atoms with Crippen LogP contribution in [0.3, 0.4) is 0 Å². The smallest absolute Gasteiger partial charge is 0.336 e. The molecule has 110 valence electrons. The fourth-order valence-corrected chi connectivity index (χ4v) is 4.42. The predicted octanol–water partition coefficient (Wildman–Crippen LogP) is 4.26. The zero-order valence-electron chi connectivity index (χ0n) is 11.8. The summed E-state index contributed by atoms with van der Waals surface area (Å²) >= 11 is 1.71. The number of aromatic carboxylic acids is 1. The summed E-state index contributed by atoms with van der Waals surface area (Å²) in [5, 5.41) is 10.7. The first-order valence-corrected chi connectivity index (χ1v) is 8.01. The Morgan fingerprint density at radius 2 is 1.91 bits per heavy atom. The molecule has 0 amide bonds. The molecule has 0 saturated carbocycles. The number of benzene rings is 2. The van der Waals surface area contributed by atoms with E-state index in [2.05, 4.69) is 12.1 Å². The maximum atomic E-state index is 11.5. The van der Waals surface area contributed by atoms with Gasteiger partial charge < -0.3 is 9.84 Å². The van der Waals surface area contributed by atoms with E-state index in [1.54, 1.807) is 23.5 Å². The van der Waals surface area contributed by atoms with Crippen LogP contribution in [0.15, 0.2) is 48.5 Å². The molecule has 1 atom stereocenters. The molecule has 3 aromatic rings. The van der Waals surface area contributed by atoms with Gasteiger partial charge in [0.15, 0.2) is 0 Å². The molecular weight excluding hydrogens is 296 g/mol. The lowest BCUT2D eigenvalue weighted by Gasteiger charge is -2.24. The van der Waals surface area contributed by atoms with Crippen molar-refractivity contribution in [3.05, 3.63) is 70.1 Å². The molecule has 0 fully saturated rings. The summed E-state index contributed by atoms with van der Waals surface area (Å²) in [6.45, 7) is 0.617. The van der Waals surface area contributed by atoms with Crippen molar-refractivity contribution in [2.45, 2.75) is 12.5 Å². The molecule has 3 nitrogen and oxygen atoms in total. The van der Waals surface area contributed by atoms with Gasteiger partial charge in [-0.1, -0.05) is 36.4 Å². The average Bonchev–Trinajstić information content (AvgIpc) is 2.93. The van der Waals surface area contributed by atoms with Crippen molar-refractivity contribution in [1.82, 2.24) is 0 Å². The van der Waals surface area contributed by atoms with E-state index in [0.717, 1.165) is 16.9 Å². The van der Waals surface area contributed by atoms with E-state index >= 15 is 0 Å². The van der Waals surface area contributed by atoms with Crippen LogP contribution in [0, 0.1) is 0 Å². The van der Waals surface area contributed by atoms with Gasteiger partial charge in [-0.05, 0) is 29.5 Å². The van der Waals surface area contributed by atoms with Crippen LogP contribution in [0.5, 0.6) is 0 Å². The van der Waals surface area contributed by atoms with Gasteiger partial charge in [0.25, 0.3) is 0 Å². The first-order chi connectivity index (χ1) is 10.8. The Kier molecular flexibility index (Phi) is 3.21. The van der Waals surface area contributed by atoms with Gasteiger partial charge in [0.2, 0.25) is 0 Å². The molecule has 1 aromatic heterocycles. The molecule has 1 unspecified atom stereocenters. The van der Waals surface area contributed by atoms with E-state index in [0.29, 0.717) is 12.2 Å². The molecule has 0 spiro atoms. The minimum atomic E-state index is -0.910. The Balaban J connectivity index is 1.92. The van der Waals surface area contributed by atoms with E-state index in [1.165, 1.54) is 15.6 Å². The summed E-state index contributed by atoms with van der Waals surface area (Å²) in [4.78, 5) is 12.6. The Hall–Kier alpha value is -2.17. The quantitative estimate of drug-likeness (QED) is 0.769. The standard InChI is InChI=1S/C18H14O3S/c19-18(20)14-7-2-1-6-12(14)16-17-13(9-10-21-16)11-5-3-4-8-15(11)22-17/h1-8,16H,9-10H2,(H,19,20). The minimum Gasteiger partial charge on any atom is -0.478 e. The van der Waals surface area contributed by atoms with Crippen molar-refractivity contribution in [1.29, 1.82) is 0 Å². The van der Waals surface area contributed by atoms with Crippen LogP contribution in [0.2, 0.25) is 0 Å². The van der Waals surface area contributed by atoms with Crippen molar-refractivity contribution < 1.29 is 14.6 Å². The number of rotatable bonds is 2. The Bertz CT molecular complexity index is 866. The van der Waals surface area contributed by atoms with Crippen LogP contribution >= 0.6 is 11.3 Å². The fraction of sp³-hybridized carbons (Fsp3) is 0.167. The number of carboxylic acids is 1. The third kappa shape index (κ3) is 2.03. The summed E-state index contributed by atoms with van der Waals surface area (Å²) in [7, 11) is 0. The van der Waals surface area contributed by atoms with Crippen LogP contribution in [0.1, 0.15) is 32.5 Å². The molecule has 1 aliphatic heterocycles. The van der Waals surface area contributed by atoms with Gasteiger partial charge in [-0.2, -0.15) is 0 Å². The van der Waals surface area contributed by atoms with E-state index < -0.39 is 5.97 Å². The number of hydrogen-bond acceptors (Lipinski definition) is 3. The van der Waals surface area contributed by atoms with Crippen molar-refractivity contribution in [3.63, 3.8) is 0 Å². The fourth-order valence-electron chi connectivity index (χ4n) is 3.09. The number of carbonyl (C=O) groups is 1. The van der Waals surface area contributed by atoms with E-state index in [1.807, 2.05) is 24.3 Å². The molecule has 4 rings (SSSR count). The summed E-state index contributed by atoms with van der Waals surface area (Å²) < 4.78 is 7.19. The highest BCUT2D eigenvalue weighted by molar-refractivity contribution is 7.19. The molecule has 1 N–H and O–H groups in total. The lowest BCUT2D eigenvalue weighted by molar-refractivity contribution is 0.0636. The Morgan fingerprint density at radius 3 is 2.77 bits per heavy atom. The van der Waals surface area contributed by atoms with E-state index in [-0.39, 0.29) is 6.10 Å². The third-order valence-corrected chi connectivity index (χ3v) is 5.33. The third-order valence-electron chi connectivity index (χ3n) is 4.08. The molecule has 4 heteroatoms. The number of hydrogen-bond donors (Lipinski definition) is 1. The van der Waals surface area contributed by atoms with Gasteiger partial charge in [0.1, 0.15) is 6.10 Å². The molecule has 1 aliphatic rings. The van der Waals surface area contributed by atoms with Crippen LogP contribution in [0.25, 0.3) is 10.1 Å². The topological polar surface area (TPSA) is 46.5 Å². The second-order valence-electron chi connectivity index (χ2n) is 5.33. The number of carboxylic acid groups (broad SMARTS) is 1. The maximum Gasteiger partial charge on any atom is 0.336 e. The Morgan fingerprint density at radius 1 is 1.14 bits per heavy atom. The van der Waals surface area contributed by atoms with Crippen LogP contribution in [-0.4, -0.2) is 17.7 Å². The zero-order valence-corrected chi connectivity index (χ0v) is 12.6. The number of fused-ring (bicyclic) bond motifs is 3. The van der Waals surface area contributed by atoms with Gasteiger partial charge in [-0.15, -0.1) is 11.3 Å². The second kappa shape index (κ2) is 5.23. The summed E-state index contributed by atoms with van der Waals surface area (Å²) in [5.74, 6) is -0.910. The van der Waals surface area contributed by atoms with Crippen molar-refractivity contribution in [2.24, 2.45) is 0 Å². The lowest BCUT2D eigenvalue weighted by Crippen LogP contribution is -2.17. The minimum absolute atomic E-state index is 0.284. The molecule has 0 aliphatic carbocycles. The number of thiophene rings is 1. The highest BCUT2D eigenvalue weighted by Crippen LogP contribution is 2.43. The maximum absolute atomic E-state index is 11.5. The predicted molar refractivity (Wildman–Crippen MR) is 86.7 cm³/mol. The highest BCUT2D eigenvalue weighted by Gasteiger charge is 2.29. The van der Waals surface area contributed by atoms with Crippen molar-refractivity contribution in [3.8, 4) is 0 Å². The Labute approximate surface area is 131 Å². The SMILES string of the molecule is O=C(O)c1ccccc1C1OCCc2c1sc1ccccc21. The average molecular weight is 310 g/mol. The van der Waals surface area contributed by atoms with Crippen molar-refractivity contribution in [2.75, 3.05) is 6.61 Å². The van der Waals surface area contributed by atoms with Crippen molar-refractivity contribution >= 4 is 27.4 Å². The molecule has 0 saturated heterocycles. The van der Waals surface area contributed by atoms with E-state index in [9.17, 15) is 9.90 Å². The normalized spacial score (nSPS) is 17.4. The molecule has 2 aromatic carbocycles. The molecule has 2 heterocycles. The summed E-state index contributed by atoms with van der Waals surface area (Å²) in [6.07, 6.45) is 0.596. The molecule has 0 bridgehead atoms.